The van der Waals surface area contributed by atoms with E-state index in [1.807, 2.05) is 102 Å². The van der Waals surface area contributed by atoms with E-state index in [-0.39, 0.29) is 11.3 Å². The van der Waals surface area contributed by atoms with Gasteiger partial charge in [0.1, 0.15) is 11.6 Å². The topological polar surface area (TPSA) is 50.9 Å². The molecular weight excluding hydrogens is 719 g/mol. The molecule has 59 heavy (non-hydrogen) atoms. The Labute approximate surface area is 348 Å². The number of phenols is 1. The number of pyridine rings is 1. The monoisotopic (exact) mass is 760 g/mol. The lowest BCUT2D eigenvalue weighted by atomic mass is 9.93. The Morgan fingerprint density at radius 1 is 0.441 bits per heavy atom. The van der Waals surface area contributed by atoms with Gasteiger partial charge in [0.15, 0.2) is 0 Å². The summed E-state index contributed by atoms with van der Waals surface area (Å²) in [5.41, 5.74) is 14.9. The Morgan fingerprint density at radius 2 is 1.03 bits per heavy atom. The second-order valence-electron chi connectivity index (χ2n) is 14.6. The Bertz CT molecular complexity index is 3220. The van der Waals surface area contributed by atoms with E-state index in [0.717, 1.165) is 78.0 Å². The first-order valence-corrected chi connectivity index (χ1v) is 19.6. The number of hydrogen-bond donors (Lipinski definition) is 1. The fourth-order valence-electron chi connectivity index (χ4n) is 7.98. The molecule has 8 aromatic carbocycles. The van der Waals surface area contributed by atoms with Crippen molar-refractivity contribution in [3.63, 3.8) is 0 Å². The second-order valence-corrected chi connectivity index (χ2v) is 14.6. The van der Waals surface area contributed by atoms with Gasteiger partial charge in [0, 0.05) is 27.0 Å². The van der Waals surface area contributed by atoms with Gasteiger partial charge in [-0.15, -0.1) is 0 Å². The highest BCUT2D eigenvalue weighted by Crippen LogP contribution is 2.41. The fraction of sp³-hybridized carbons (Fsp3) is 0.0182. The summed E-state index contributed by atoms with van der Waals surface area (Å²) in [5, 5.41) is 11.3. The van der Waals surface area contributed by atoms with Gasteiger partial charge in [-0.3, -0.25) is 9.55 Å². The number of benzene rings is 8. The minimum Gasteiger partial charge on any atom is -0.507 e. The zero-order valence-electron chi connectivity index (χ0n) is 35.0. The maximum atomic E-state index is 11.3. The Hall–Kier alpha value is -7.82. The number of aromatic hydroxyl groups is 1. The van der Waals surface area contributed by atoms with Crippen LogP contribution in [0.25, 0.3) is 95.0 Å². The van der Waals surface area contributed by atoms with Gasteiger partial charge in [0.25, 0.3) is 0 Å². The number of phenolic OH excluding ortho intramolecular Hbond substituents is 1. The van der Waals surface area contributed by atoms with Crippen LogP contribution in [-0.4, -0.2) is 19.6 Å². The summed E-state index contributed by atoms with van der Waals surface area (Å²) in [7, 11) is 0. The lowest BCUT2D eigenvalue weighted by Crippen LogP contribution is -2.01. The molecule has 0 bridgehead atoms. The van der Waals surface area contributed by atoms with Crippen LogP contribution >= 0.6 is 0 Å². The molecule has 2 aromatic heterocycles. The van der Waals surface area contributed by atoms with Gasteiger partial charge in [-0.2, -0.15) is 0 Å². The molecule has 0 spiro atoms. The summed E-state index contributed by atoms with van der Waals surface area (Å²) >= 11 is 0. The SMILES string of the molecule is [2H]C([2H])([2H])c1ccc(-n2c(-c3ccccc3O)nc3c(-c4cc(-c5ccccc5)cc(-c5cc(-c6ccc(-c7ccccc7)cc6)ccn5)c4)cccc32)c(-c2ccccc2)c1. The Morgan fingerprint density at radius 3 is 1.75 bits per heavy atom. The van der Waals surface area contributed by atoms with E-state index in [4.69, 9.17) is 14.1 Å². The summed E-state index contributed by atoms with van der Waals surface area (Å²) in [4.78, 5) is 10.3. The van der Waals surface area contributed by atoms with Gasteiger partial charge >= 0.3 is 0 Å². The third-order valence-electron chi connectivity index (χ3n) is 10.9. The van der Waals surface area contributed by atoms with Crippen molar-refractivity contribution in [3.05, 3.63) is 218 Å². The van der Waals surface area contributed by atoms with Crippen molar-refractivity contribution in [1.82, 2.24) is 14.5 Å². The van der Waals surface area contributed by atoms with E-state index >= 15 is 0 Å². The smallest absolute Gasteiger partial charge is 0.149 e. The predicted octanol–water partition coefficient (Wildman–Crippen LogP) is 14.1. The van der Waals surface area contributed by atoms with Crippen molar-refractivity contribution >= 4 is 11.0 Å². The highest BCUT2D eigenvalue weighted by molar-refractivity contribution is 5.98. The molecule has 2 heterocycles. The first-order valence-electron chi connectivity index (χ1n) is 21.1. The van der Waals surface area contributed by atoms with Crippen molar-refractivity contribution in [3.8, 4) is 89.7 Å². The minimum atomic E-state index is -2.31. The third kappa shape index (κ3) is 6.87. The minimum absolute atomic E-state index is 0.0833. The molecule has 0 atom stereocenters. The summed E-state index contributed by atoms with van der Waals surface area (Å²) in [6, 6.07) is 68.4. The average Bonchev–Trinajstić information content (AvgIpc) is 3.71. The number of hydrogen-bond acceptors (Lipinski definition) is 3. The van der Waals surface area contributed by atoms with Crippen molar-refractivity contribution < 1.29 is 9.22 Å². The molecule has 0 amide bonds. The summed E-state index contributed by atoms with van der Waals surface area (Å²) < 4.78 is 26.8. The van der Waals surface area contributed by atoms with Crippen molar-refractivity contribution in [2.45, 2.75) is 6.85 Å². The molecule has 0 aliphatic rings. The summed E-state index contributed by atoms with van der Waals surface area (Å²) in [6.07, 6.45) is 1.87. The molecule has 0 aliphatic heterocycles. The zero-order valence-corrected chi connectivity index (χ0v) is 32.0. The molecule has 280 valence electrons. The Balaban J connectivity index is 1.17. The first-order chi connectivity index (χ1) is 30.3. The molecule has 0 unspecified atom stereocenters. The van der Waals surface area contributed by atoms with Crippen LogP contribution in [0.4, 0.5) is 0 Å². The molecule has 0 fully saturated rings. The first kappa shape index (κ1) is 32.3. The van der Waals surface area contributed by atoms with Crippen LogP contribution in [0, 0.1) is 6.85 Å². The zero-order chi connectivity index (χ0) is 42.2. The molecule has 10 aromatic rings. The Kier molecular flexibility index (Phi) is 8.35. The number of fused-ring (bicyclic) bond motifs is 1. The highest BCUT2D eigenvalue weighted by Gasteiger charge is 2.22. The van der Waals surface area contributed by atoms with Gasteiger partial charge < -0.3 is 5.11 Å². The largest absolute Gasteiger partial charge is 0.507 e. The number of rotatable bonds is 8. The summed E-state index contributed by atoms with van der Waals surface area (Å²) in [6.45, 7) is -2.31. The molecule has 0 radical (unpaired) electrons. The van der Waals surface area contributed by atoms with Crippen molar-refractivity contribution in [1.29, 1.82) is 0 Å². The molecular formula is C55H39N3O. The fourth-order valence-corrected chi connectivity index (χ4v) is 7.98. The van der Waals surface area contributed by atoms with Crippen LogP contribution in [0.5, 0.6) is 5.75 Å². The van der Waals surface area contributed by atoms with Gasteiger partial charge in [-0.1, -0.05) is 151 Å². The lowest BCUT2D eigenvalue weighted by molar-refractivity contribution is 0.477. The van der Waals surface area contributed by atoms with E-state index in [2.05, 4.69) is 91.0 Å². The lowest BCUT2D eigenvalue weighted by Gasteiger charge is -2.16. The maximum Gasteiger partial charge on any atom is 0.149 e. The summed E-state index contributed by atoms with van der Waals surface area (Å²) in [5.74, 6) is 0.608. The van der Waals surface area contributed by atoms with E-state index in [9.17, 15) is 5.11 Å². The van der Waals surface area contributed by atoms with Crippen LogP contribution in [0.1, 0.15) is 9.68 Å². The third-order valence-corrected chi connectivity index (χ3v) is 10.9. The molecule has 0 aliphatic carbocycles. The quantitative estimate of drug-likeness (QED) is 0.168. The normalized spacial score (nSPS) is 12.2. The van der Waals surface area contributed by atoms with Gasteiger partial charge in [0.05, 0.1) is 28.0 Å². The number of aromatic nitrogens is 3. The number of para-hydroxylation sites is 2. The van der Waals surface area contributed by atoms with Crippen LogP contribution in [0.2, 0.25) is 0 Å². The molecule has 0 saturated carbocycles. The van der Waals surface area contributed by atoms with E-state index < -0.39 is 6.85 Å². The van der Waals surface area contributed by atoms with E-state index in [0.29, 0.717) is 11.4 Å². The van der Waals surface area contributed by atoms with Crippen LogP contribution in [0.3, 0.4) is 0 Å². The van der Waals surface area contributed by atoms with Crippen molar-refractivity contribution in [2.24, 2.45) is 0 Å². The van der Waals surface area contributed by atoms with Crippen LogP contribution < -0.4 is 0 Å². The number of aryl methyl sites for hydroxylation is 1. The second kappa shape index (κ2) is 15.3. The van der Waals surface area contributed by atoms with Crippen molar-refractivity contribution in [2.75, 3.05) is 0 Å². The van der Waals surface area contributed by atoms with Crippen LogP contribution in [-0.2, 0) is 0 Å². The highest BCUT2D eigenvalue weighted by atomic mass is 16.3. The predicted molar refractivity (Wildman–Crippen MR) is 243 cm³/mol. The average molecular weight is 761 g/mol. The van der Waals surface area contributed by atoms with Gasteiger partial charge in [-0.25, -0.2) is 4.98 Å². The number of nitrogens with zero attached hydrogens (tertiary/aromatic N) is 3. The molecule has 10 rings (SSSR count). The molecule has 4 heteroatoms. The van der Waals surface area contributed by atoms with E-state index in [1.165, 1.54) is 5.56 Å². The maximum absolute atomic E-state index is 11.3. The molecule has 1 N–H and O–H groups in total. The standard InChI is InChI=1S/C55H39N3O/c1-37-24-29-51(49(32-37)42-18-9-4-10-19-42)58-52-22-13-21-47(54(52)57-55(58)48-20-11-12-23-53(48)59)45-33-44(39-16-7-3-8-17-39)34-46(35-45)50-36-43(30-31-56-50)41-27-25-40(26-28-41)38-14-5-2-6-15-38/h2-36,59H,1H3/i1D3. The molecule has 0 saturated heterocycles. The number of imidazole rings is 1. The van der Waals surface area contributed by atoms with Gasteiger partial charge in [-0.05, 0) is 112 Å². The molecule has 4 nitrogen and oxygen atoms in total. The van der Waals surface area contributed by atoms with Crippen LogP contribution in [0.15, 0.2) is 212 Å². The van der Waals surface area contributed by atoms with Gasteiger partial charge in [0.2, 0.25) is 0 Å². The van der Waals surface area contributed by atoms with E-state index in [1.54, 1.807) is 24.3 Å².